The Balaban J connectivity index is 1.83. The average Bonchev–Trinajstić information content (AvgIpc) is 2.97. The van der Waals surface area contributed by atoms with Gasteiger partial charge in [-0.3, -0.25) is 10.1 Å². The summed E-state index contributed by atoms with van der Waals surface area (Å²) >= 11 is 6.64. The Hall–Kier alpha value is -2.29. The molecule has 0 unspecified atom stereocenters. The van der Waals surface area contributed by atoms with Gasteiger partial charge in [-0.1, -0.05) is 18.2 Å². The average molecular weight is 405 g/mol. The summed E-state index contributed by atoms with van der Waals surface area (Å²) < 4.78 is 10.8. The van der Waals surface area contributed by atoms with E-state index in [1.807, 2.05) is 19.9 Å². The van der Waals surface area contributed by atoms with E-state index in [-0.39, 0.29) is 16.6 Å². The standard InChI is InChI=1S/C19H20N2O4S2/c1-19(2)9-13-12(10-25-19)14(15(27-13)17(23)24-3)20-18(26)21-16(22)11-7-5-4-6-8-11/h4-8H,9-10H2,1-3H3,(H2,20,21,22,26). The largest absolute Gasteiger partial charge is 0.465 e. The van der Waals surface area contributed by atoms with Crippen LogP contribution >= 0.6 is 23.6 Å². The van der Waals surface area contributed by atoms with Crippen LogP contribution in [0.25, 0.3) is 0 Å². The van der Waals surface area contributed by atoms with Gasteiger partial charge in [0.25, 0.3) is 5.91 Å². The number of benzene rings is 1. The first-order valence-electron chi connectivity index (χ1n) is 8.35. The number of thiophene rings is 1. The molecule has 1 aromatic carbocycles. The van der Waals surface area contributed by atoms with E-state index in [1.165, 1.54) is 18.4 Å². The third-order valence-electron chi connectivity index (χ3n) is 4.16. The van der Waals surface area contributed by atoms with Gasteiger partial charge in [0.1, 0.15) is 4.88 Å². The second-order valence-electron chi connectivity index (χ2n) is 6.70. The van der Waals surface area contributed by atoms with Gasteiger partial charge in [0, 0.05) is 22.4 Å². The zero-order valence-electron chi connectivity index (χ0n) is 15.3. The molecule has 1 aliphatic rings. The van der Waals surface area contributed by atoms with Crippen molar-refractivity contribution in [2.75, 3.05) is 12.4 Å². The van der Waals surface area contributed by atoms with E-state index in [1.54, 1.807) is 24.3 Å². The van der Waals surface area contributed by atoms with Crippen LogP contribution < -0.4 is 10.6 Å². The number of hydrogen-bond donors (Lipinski definition) is 2. The molecule has 2 aromatic rings. The minimum Gasteiger partial charge on any atom is -0.465 e. The van der Waals surface area contributed by atoms with Crippen molar-refractivity contribution in [3.05, 3.63) is 51.2 Å². The number of rotatable bonds is 3. The quantitative estimate of drug-likeness (QED) is 0.602. The fourth-order valence-corrected chi connectivity index (χ4v) is 4.38. The number of methoxy groups -OCH3 is 1. The van der Waals surface area contributed by atoms with Crippen LogP contribution in [0.2, 0.25) is 0 Å². The normalized spacial score (nSPS) is 14.8. The van der Waals surface area contributed by atoms with Crippen LogP contribution in [0.15, 0.2) is 30.3 Å². The van der Waals surface area contributed by atoms with Crippen molar-refractivity contribution in [3.8, 4) is 0 Å². The number of fused-ring (bicyclic) bond motifs is 1. The second kappa shape index (κ2) is 7.75. The molecule has 27 heavy (non-hydrogen) atoms. The molecule has 0 saturated carbocycles. The second-order valence-corrected chi connectivity index (χ2v) is 8.21. The number of carbonyl (C=O) groups is 2. The maximum Gasteiger partial charge on any atom is 0.350 e. The molecule has 0 bridgehead atoms. The van der Waals surface area contributed by atoms with Crippen LogP contribution in [0.3, 0.4) is 0 Å². The summed E-state index contributed by atoms with van der Waals surface area (Å²) in [6.07, 6.45) is 0.682. The van der Waals surface area contributed by atoms with E-state index in [2.05, 4.69) is 10.6 Å². The van der Waals surface area contributed by atoms with Crippen LogP contribution in [0.4, 0.5) is 5.69 Å². The summed E-state index contributed by atoms with van der Waals surface area (Å²) in [6, 6.07) is 8.76. The molecule has 0 fully saturated rings. The monoisotopic (exact) mass is 404 g/mol. The highest BCUT2D eigenvalue weighted by Gasteiger charge is 2.33. The first-order valence-corrected chi connectivity index (χ1v) is 9.57. The summed E-state index contributed by atoms with van der Waals surface area (Å²) in [5.74, 6) is -0.777. The third-order valence-corrected chi connectivity index (χ3v) is 5.57. The molecule has 3 rings (SSSR count). The van der Waals surface area contributed by atoms with Crippen LogP contribution in [0.5, 0.6) is 0 Å². The zero-order chi connectivity index (χ0) is 19.6. The maximum atomic E-state index is 12.3. The number of ether oxygens (including phenoxy) is 2. The molecular formula is C19H20N2O4S2. The number of thiocarbonyl (C=S) groups is 1. The molecular weight excluding hydrogens is 384 g/mol. The van der Waals surface area contributed by atoms with E-state index in [4.69, 9.17) is 21.7 Å². The first kappa shape index (κ1) is 19.5. The molecule has 8 heteroatoms. The lowest BCUT2D eigenvalue weighted by molar-refractivity contribution is -0.0385. The van der Waals surface area contributed by atoms with Crippen molar-refractivity contribution in [2.24, 2.45) is 0 Å². The van der Waals surface area contributed by atoms with E-state index >= 15 is 0 Å². The van der Waals surface area contributed by atoms with Gasteiger partial charge in [0.05, 0.1) is 25.0 Å². The molecule has 1 aromatic heterocycles. The van der Waals surface area contributed by atoms with Crippen molar-refractivity contribution >= 4 is 46.2 Å². The number of hydrogen-bond acceptors (Lipinski definition) is 6. The highest BCUT2D eigenvalue weighted by molar-refractivity contribution is 7.80. The van der Waals surface area contributed by atoms with Crippen molar-refractivity contribution in [2.45, 2.75) is 32.5 Å². The highest BCUT2D eigenvalue weighted by Crippen LogP contribution is 2.40. The van der Waals surface area contributed by atoms with Crippen LogP contribution in [0.1, 0.15) is 44.3 Å². The zero-order valence-corrected chi connectivity index (χ0v) is 16.9. The van der Waals surface area contributed by atoms with Crippen molar-refractivity contribution in [3.63, 3.8) is 0 Å². The van der Waals surface area contributed by atoms with Gasteiger partial charge in [-0.05, 0) is 38.2 Å². The molecule has 0 spiro atoms. The summed E-state index contributed by atoms with van der Waals surface area (Å²) in [7, 11) is 1.33. The predicted molar refractivity (Wildman–Crippen MR) is 108 cm³/mol. The Labute approximate surface area is 166 Å². The molecule has 0 atom stereocenters. The molecule has 142 valence electrons. The number of anilines is 1. The van der Waals surface area contributed by atoms with Gasteiger partial charge in [0.2, 0.25) is 0 Å². The van der Waals surface area contributed by atoms with Gasteiger partial charge < -0.3 is 14.8 Å². The van der Waals surface area contributed by atoms with Gasteiger partial charge in [-0.2, -0.15) is 0 Å². The molecule has 6 nitrogen and oxygen atoms in total. The lowest BCUT2D eigenvalue weighted by Gasteiger charge is -2.30. The van der Waals surface area contributed by atoms with Gasteiger partial charge in [0.15, 0.2) is 5.11 Å². The summed E-state index contributed by atoms with van der Waals surface area (Å²) in [5.41, 5.74) is 1.60. The SMILES string of the molecule is COC(=O)c1sc2c(c1NC(=S)NC(=O)c1ccccc1)COC(C)(C)C2. The van der Waals surface area contributed by atoms with Gasteiger partial charge >= 0.3 is 5.97 Å². The van der Waals surface area contributed by atoms with Crippen molar-refractivity contribution < 1.29 is 19.1 Å². The molecule has 1 aliphatic heterocycles. The number of carbonyl (C=O) groups excluding carboxylic acids is 2. The van der Waals surface area contributed by atoms with Gasteiger partial charge in [-0.15, -0.1) is 11.3 Å². The fourth-order valence-electron chi connectivity index (χ4n) is 2.79. The van der Waals surface area contributed by atoms with Gasteiger partial charge in [-0.25, -0.2) is 4.79 Å². The summed E-state index contributed by atoms with van der Waals surface area (Å²) in [5, 5.41) is 5.74. The third kappa shape index (κ3) is 4.35. The molecule has 0 aliphatic carbocycles. The smallest absolute Gasteiger partial charge is 0.350 e. The summed E-state index contributed by atoms with van der Waals surface area (Å²) in [6.45, 7) is 4.37. The van der Waals surface area contributed by atoms with Crippen LogP contribution in [-0.4, -0.2) is 29.7 Å². The minimum absolute atomic E-state index is 0.111. The van der Waals surface area contributed by atoms with Crippen LogP contribution in [0, 0.1) is 0 Å². The predicted octanol–water partition coefficient (Wildman–Crippen LogP) is 3.51. The van der Waals surface area contributed by atoms with Crippen molar-refractivity contribution in [1.82, 2.24) is 5.32 Å². The Morgan fingerprint density at radius 2 is 1.96 bits per heavy atom. The highest BCUT2D eigenvalue weighted by atomic mass is 32.1. The molecule has 2 heterocycles. The minimum atomic E-state index is -0.452. The van der Waals surface area contributed by atoms with E-state index in [0.29, 0.717) is 29.2 Å². The van der Waals surface area contributed by atoms with E-state index in [0.717, 1.165) is 10.4 Å². The topological polar surface area (TPSA) is 76.7 Å². The first-order chi connectivity index (χ1) is 12.8. The Morgan fingerprint density at radius 3 is 2.63 bits per heavy atom. The number of amides is 1. The van der Waals surface area contributed by atoms with Crippen LogP contribution in [-0.2, 0) is 22.5 Å². The summed E-state index contributed by atoms with van der Waals surface area (Å²) in [4.78, 5) is 26.0. The molecule has 2 N–H and O–H groups in total. The van der Waals surface area contributed by atoms with E-state index in [9.17, 15) is 9.59 Å². The van der Waals surface area contributed by atoms with E-state index < -0.39 is 5.97 Å². The van der Waals surface area contributed by atoms with Crippen molar-refractivity contribution in [1.29, 1.82) is 0 Å². The molecule has 0 radical (unpaired) electrons. The lowest BCUT2D eigenvalue weighted by Crippen LogP contribution is -2.35. The number of nitrogens with one attached hydrogen (secondary N) is 2. The lowest BCUT2D eigenvalue weighted by atomic mass is 9.98. The Kier molecular flexibility index (Phi) is 5.59. The Bertz CT molecular complexity index is 891. The molecule has 0 saturated heterocycles. The maximum absolute atomic E-state index is 12.3. The molecule has 1 amide bonds. The number of esters is 1. The fraction of sp³-hybridized carbons (Fsp3) is 0.316. The Morgan fingerprint density at radius 1 is 1.26 bits per heavy atom.